The summed E-state index contributed by atoms with van der Waals surface area (Å²) >= 11 is 1.39. The van der Waals surface area contributed by atoms with E-state index in [4.69, 9.17) is 0 Å². The minimum absolute atomic E-state index is 0.119. The van der Waals surface area contributed by atoms with Gasteiger partial charge in [0.15, 0.2) is 0 Å². The van der Waals surface area contributed by atoms with Crippen LogP contribution in [0.2, 0.25) is 0 Å². The molecule has 3 heterocycles. The average molecular weight is 499 g/mol. The van der Waals surface area contributed by atoms with E-state index in [1.54, 1.807) is 31.3 Å². The Balaban J connectivity index is 1.29. The minimum Gasteiger partial charge on any atom is -0.369 e. The smallest absolute Gasteiger partial charge is 0.291 e. The predicted molar refractivity (Wildman–Crippen MR) is 129 cm³/mol. The monoisotopic (exact) mass is 498 g/mol. The molecule has 1 aromatic heterocycles. The topological polar surface area (TPSA) is 83.4 Å². The maximum Gasteiger partial charge on any atom is 0.291 e. The number of hydrogen-bond acceptors (Lipinski definition) is 6. The summed E-state index contributed by atoms with van der Waals surface area (Å²) in [6.45, 7) is 1.74. The van der Waals surface area contributed by atoms with Gasteiger partial charge in [0.05, 0.1) is 17.9 Å². The zero-order valence-corrected chi connectivity index (χ0v) is 19.9. The molecule has 0 aliphatic carbocycles. The molecule has 0 unspecified atom stereocenters. The molecule has 2 amide bonds. The molecule has 0 saturated carbocycles. The maximum atomic E-state index is 14.9. The second-order valence-corrected chi connectivity index (χ2v) is 9.62. The van der Waals surface area contributed by atoms with Crippen molar-refractivity contribution >= 4 is 35.0 Å². The lowest BCUT2D eigenvalue weighted by molar-refractivity contribution is -0.119. The molecule has 2 aliphatic rings. The average Bonchev–Trinajstić information content (AvgIpc) is 3.53. The van der Waals surface area contributed by atoms with E-state index in [-0.39, 0.29) is 35.7 Å². The van der Waals surface area contributed by atoms with Crippen molar-refractivity contribution in [3.8, 4) is 0 Å². The highest BCUT2D eigenvalue weighted by Crippen LogP contribution is 2.39. The molecule has 0 spiro atoms. The first-order valence-electron chi connectivity index (χ1n) is 11.3. The van der Waals surface area contributed by atoms with E-state index in [1.807, 2.05) is 4.90 Å². The molecule has 0 bridgehead atoms. The molecule has 8 nitrogen and oxygen atoms in total. The van der Waals surface area contributed by atoms with E-state index in [2.05, 4.69) is 15.4 Å². The highest BCUT2D eigenvalue weighted by Gasteiger charge is 2.32. The quantitative estimate of drug-likeness (QED) is 0.582. The van der Waals surface area contributed by atoms with Gasteiger partial charge in [0.25, 0.3) is 5.91 Å². The van der Waals surface area contributed by atoms with Crippen LogP contribution in [0, 0.1) is 11.6 Å². The molecule has 1 N–H and O–H groups in total. The van der Waals surface area contributed by atoms with E-state index in [0.29, 0.717) is 16.9 Å². The van der Waals surface area contributed by atoms with Crippen LogP contribution in [0.5, 0.6) is 0 Å². The second-order valence-electron chi connectivity index (χ2n) is 8.56. The Hall–Kier alpha value is -3.47. The number of carbonyl (C=O) groups is 2. The van der Waals surface area contributed by atoms with Crippen LogP contribution < -0.4 is 15.1 Å². The molecule has 2 aromatic carbocycles. The van der Waals surface area contributed by atoms with E-state index >= 15 is 0 Å². The SMILES string of the molecule is CN1C(=O)[C@@H](NC(=O)c2ncn(Cc3ccccc3F)n2)CSc2cc(N3CCCC3)c(F)cc21. The number of nitrogens with one attached hydrogen (secondary N) is 1. The van der Waals surface area contributed by atoms with Gasteiger partial charge in [-0.15, -0.1) is 16.9 Å². The van der Waals surface area contributed by atoms with Gasteiger partial charge in [0, 0.05) is 42.4 Å². The number of fused-ring (bicyclic) bond motifs is 1. The van der Waals surface area contributed by atoms with Crippen molar-refractivity contribution in [2.45, 2.75) is 30.3 Å². The lowest BCUT2D eigenvalue weighted by Gasteiger charge is -2.23. The molecule has 35 heavy (non-hydrogen) atoms. The molecule has 1 saturated heterocycles. The third kappa shape index (κ3) is 4.72. The van der Waals surface area contributed by atoms with Crippen LogP contribution in [-0.2, 0) is 11.3 Å². The Bertz CT molecular complexity index is 1280. The highest BCUT2D eigenvalue weighted by molar-refractivity contribution is 7.99. The van der Waals surface area contributed by atoms with E-state index in [9.17, 15) is 18.4 Å². The number of carbonyl (C=O) groups excluding carboxylic acids is 2. The Labute approximate surface area is 205 Å². The van der Waals surface area contributed by atoms with Crippen molar-refractivity contribution in [2.75, 3.05) is 35.7 Å². The van der Waals surface area contributed by atoms with Crippen LogP contribution >= 0.6 is 11.8 Å². The van der Waals surface area contributed by atoms with Crippen molar-refractivity contribution in [1.29, 1.82) is 0 Å². The Morgan fingerprint density at radius 3 is 2.69 bits per heavy atom. The van der Waals surface area contributed by atoms with Gasteiger partial charge in [-0.25, -0.2) is 18.4 Å². The summed E-state index contributed by atoms with van der Waals surface area (Å²) in [4.78, 5) is 34.1. The molecule has 0 radical (unpaired) electrons. The number of benzene rings is 2. The van der Waals surface area contributed by atoms with Gasteiger partial charge in [-0.05, 0) is 25.0 Å². The largest absolute Gasteiger partial charge is 0.369 e. The molecular formula is C24H24F2N6O2S. The lowest BCUT2D eigenvalue weighted by Crippen LogP contribution is -2.48. The van der Waals surface area contributed by atoms with Crippen LogP contribution in [0.1, 0.15) is 29.0 Å². The number of nitrogens with zero attached hydrogens (tertiary/aromatic N) is 5. The fourth-order valence-electron chi connectivity index (χ4n) is 4.31. The maximum absolute atomic E-state index is 14.9. The van der Waals surface area contributed by atoms with Crippen molar-refractivity contribution in [3.63, 3.8) is 0 Å². The van der Waals surface area contributed by atoms with Crippen LogP contribution in [0.15, 0.2) is 47.6 Å². The first-order chi connectivity index (χ1) is 16.9. The molecule has 1 atom stereocenters. The molecular weight excluding hydrogens is 474 g/mol. The zero-order chi connectivity index (χ0) is 24.5. The lowest BCUT2D eigenvalue weighted by atomic mass is 10.2. The summed E-state index contributed by atoms with van der Waals surface area (Å²) < 4.78 is 30.1. The predicted octanol–water partition coefficient (Wildman–Crippen LogP) is 3.07. The molecule has 2 aliphatic heterocycles. The van der Waals surface area contributed by atoms with Gasteiger partial charge in [0.2, 0.25) is 11.7 Å². The summed E-state index contributed by atoms with van der Waals surface area (Å²) in [5, 5.41) is 6.82. The van der Waals surface area contributed by atoms with Crippen LogP contribution in [0.4, 0.5) is 20.2 Å². The second kappa shape index (κ2) is 9.65. The molecule has 182 valence electrons. The number of aromatic nitrogens is 3. The van der Waals surface area contributed by atoms with Crippen molar-refractivity contribution in [3.05, 3.63) is 65.7 Å². The number of thioether (sulfide) groups is 1. The summed E-state index contributed by atoms with van der Waals surface area (Å²) in [6, 6.07) is 8.63. The number of anilines is 2. The van der Waals surface area contributed by atoms with Crippen LogP contribution in [0.25, 0.3) is 0 Å². The zero-order valence-electron chi connectivity index (χ0n) is 19.1. The van der Waals surface area contributed by atoms with Gasteiger partial charge < -0.3 is 15.1 Å². The fourth-order valence-corrected chi connectivity index (χ4v) is 5.42. The number of rotatable bonds is 5. The fraction of sp³-hybridized carbons (Fsp3) is 0.333. The van der Waals surface area contributed by atoms with Gasteiger partial charge >= 0.3 is 0 Å². The molecule has 11 heteroatoms. The summed E-state index contributed by atoms with van der Waals surface area (Å²) in [6.07, 6.45) is 3.40. The van der Waals surface area contributed by atoms with Gasteiger partial charge in [-0.1, -0.05) is 18.2 Å². The Morgan fingerprint density at radius 1 is 1.14 bits per heavy atom. The molecule has 5 rings (SSSR count). The van der Waals surface area contributed by atoms with Crippen molar-refractivity contribution < 1.29 is 18.4 Å². The van der Waals surface area contributed by atoms with Gasteiger partial charge in [-0.2, -0.15) is 0 Å². The standard InChI is InChI=1S/C24H24F2N6O2S/c1-30-20-10-17(26)19(31-8-4-5-9-31)11-21(20)35-13-18(24(30)34)28-23(33)22-27-14-32(29-22)12-15-6-2-3-7-16(15)25/h2-3,6-7,10-11,14,18H,4-5,8-9,12-13H2,1H3,(H,28,33)/t18-/m0/s1. The molecule has 1 fully saturated rings. The first kappa shape index (κ1) is 23.3. The number of likely N-dealkylation sites (N-methyl/N-ethyl adjacent to an activating group) is 1. The van der Waals surface area contributed by atoms with Crippen molar-refractivity contribution in [1.82, 2.24) is 20.1 Å². The normalized spacial score (nSPS) is 17.9. The summed E-state index contributed by atoms with van der Waals surface area (Å²) in [5.41, 5.74) is 1.44. The Kier molecular flexibility index (Phi) is 6.42. The van der Waals surface area contributed by atoms with E-state index in [1.165, 1.54) is 39.8 Å². The van der Waals surface area contributed by atoms with Gasteiger partial charge in [-0.3, -0.25) is 9.59 Å². The highest BCUT2D eigenvalue weighted by atomic mass is 32.2. The number of hydrogen-bond donors (Lipinski definition) is 1. The third-order valence-corrected chi connectivity index (χ3v) is 7.34. The van der Waals surface area contributed by atoms with Crippen LogP contribution in [0.3, 0.4) is 0 Å². The van der Waals surface area contributed by atoms with Gasteiger partial charge in [0.1, 0.15) is 24.0 Å². The van der Waals surface area contributed by atoms with E-state index in [0.717, 1.165) is 30.8 Å². The third-order valence-electron chi connectivity index (χ3n) is 6.21. The number of halogens is 2. The van der Waals surface area contributed by atoms with Crippen LogP contribution in [-0.4, -0.2) is 58.5 Å². The van der Waals surface area contributed by atoms with Crippen molar-refractivity contribution in [2.24, 2.45) is 0 Å². The molecule has 3 aromatic rings. The summed E-state index contributed by atoms with van der Waals surface area (Å²) in [7, 11) is 1.57. The first-order valence-corrected chi connectivity index (χ1v) is 12.3. The minimum atomic E-state index is -0.846. The number of amides is 2. The van der Waals surface area contributed by atoms with E-state index < -0.39 is 11.9 Å². The summed E-state index contributed by atoms with van der Waals surface area (Å²) in [5.74, 6) is -1.54. The Morgan fingerprint density at radius 2 is 1.91 bits per heavy atom.